The smallest absolute Gasteiger partial charge is 0.277 e. The highest BCUT2D eigenvalue weighted by atomic mass is 28.4. The number of nitro groups is 1. The summed E-state index contributed by atoms with van der Waals surface area (Å²) in [5, 5.41) is 35.6. The van der Waals surface area contributed by atoms with Crippen LogP contribution in [0.15, 0.2) is 48.6 Å². The molecule has 1 aromatic heterocycles. The highest BCUT2D eigenvalue weighted by molar-refractivity contribution is 6.74. The Morgan fingerprint density at radius 3 is 2.33 bits per heavy atom. The predicted molar refractivity (Wildman–Crippen MR) is 140 cm³/mol. The molecule has 0 aliphatic carbocycles. The molecule has 8 nitrogen and oxygen atoms in total. The molecule has 2 N–H and O–H groups in total. The molecule has 0 saturated carbocycles. The van der Waals surface area contributed by atoms with Crippen LogP contribution in [0.1, 0.15) is 45.2 Å². The maximum atomic E-state index is 11.6. The Bertz CT molecular complexity index is 1440. The molecule has 2 unspecified atom stereocenters. The van der Waals surface area contributed by atoms with Gasteiger partial charge in [0.25, 0.3) is 5.69 Å². The highest BCUT2D eigenvalue weighted by Gasteiger charge is 2.58. The summed E-state index contributed by atoms with van der Waals surface area (Å²) in [6, 6.07) is 9.87. The minimum absolute atomic E-state index is 0.0377. The van der Waals surface area contributed by atoms with Gasteiger partial charge in [-0.2, -0.15) is 0 Å². The molecule has 0 amide bonds. The Morgan fingerprint density at radius 1 is 1.06 bits per heavy atom. The van der Waals surface area contributed by atoms with Gasteiger partial charge in [-0.25, -0.2) is 0 Å². The van der Waals surface area contributed by atoms with Crippen molar-refractivity contribution in [2.75, 3.05) is 6.61 Å². The summed E-state index contributed by atoms with van der Waals surface area (Å²) in [5.41, 5.74) is -0.393. The maximum absolute atomic E-state index is 11.6. The van der Waals surface area contributed by atoms with Gasteiger partial charge in [0.1, 0.15) is 11.2 Å². The number of hydrogen-bond donors (Lipinski definition) is 2. The van der Waals surface area contributed by atoms with Crippen molar-refractivity contribution in [2.24, 2.45) is 0 Å². The van der Waals surface area contributed by atoms with Gasteiger partial charge in [-0.3, -0.25) is 14.7 Å². The van der Waals surface area contributed by atoms with E-state index >= 15 is 0 Å². The summed E-state index contributed by atoms with van der Waals surface area (Å²) in [7, 11) is -1.99. The molecule has 2 atom stereocenters. The van der Waals surface area contributed by atoms with E-state index in [4.69, 9.17) is 9.16 Å². The fourth-order valence-corrected chi connectivity index (χ4v) is 6.26. The molecule has 0 spiro atoms. The summed E-state index contributed by atoms with van der Waals surface area (Å²) in [6.45, 7) is 13.3. The minimum atomic E-state index is -1.99. The molecule has 5 rings (SSSR count). The van der Waals surface area contributed by atoms with Crippen LogP contribution in [-0.2, 0) is 20.4 Å². The van der Waals surface area contributed by atoms with Crippen LogP contribution >= 0.6 is 0 Å². The third-order valence-electron chi connectivity index (χ3n) is 8.16. The molecule has 36 heavy (non-hydrogen) atoms. The molecule has 2 aliphatic rings. The van der Waals surface area contributed by atoms with Gasteiger partial charge in [-0.1, -0.05) is 39.0 Å². The monoisotopic (exact) mass is 508 g/mol. The van der Waals surface area contributed by atoms with E-state index in [0.29, 0.717) is 40.6 Å². The Morgan fingerprint density at radius 2 is 1.69 bits per heavy atom. The second-order valence-electron chi connectivity index (χ2n) is 11.4. The number of aromatic hydroxyl groups is 2. The van der Waals surface area contributed by atoms with E-state index in [1.807, 2.05) is 19.1 Å². The summed E-state index contributed by atoms with van der Waals surface area (Å²) in [6.07, 6.45) is 4.34. The van der Waals surface area contributed by atoms with Crippen molar-refractivity contribution in [2.45, 2.75) is 63.5 Å². The Balaban J connectivity index is 1.61. The van der Waals surface area contributed by atoms with Crippen molar-refractivity contribution >= 4 is 24.8 Å². The molecular formula is C27H32N2O6Si. The fraction of sp³-hybridized carbons (Fsp3) is 0.407. The van der Waals surface area contributed by atoms with E-state index in [1.165, 1.54) is 10.6 Å². The van der Waals surface area contributed by atoms with Crippen molar-refractivity contribution in [3.63, 3.8) is 0 Å². The van der Waals surface area contributed by atoms with E-state index in [0.717, 1.165) is 0 Å². The maximum Gasteiger partial charge on any atom is 0.277 e. The molecule has 0 saturated heterocycles. The molecule has 190 valence electrons. The topological polar surface area (TPSA) is 107 Å². The Labute approximate surface area is 211 Å². The van der Waals surface area contributed by atoms with Gasteiger partial charge in [-0.05, 0) is 49.3 Å². The van der Waals surface area contributed by atoms with Crippen LogP contribution in [0.25, 0.3) is 16.5 Å². The number of benzene rings is 2. The van der Waals surface area contributed by atoms with Gasteiger partial charge in [0, 0.05) is 24.5 Å². The highest BCUT2D eigenvalue weighted by Crippen LogP contribution is 2.62. The lowest BCUT2D eigenvalue weighted by atomic mass is 9.83. The number of hydrogen-bond acceptors (Lipinski definition) is 6. The lowest BCUT2D eigenvalue weighted by Gasteiger charge is -2.37. The average Bonchev–Trinajstić information content (AvgIpc) is 3.36. The van der Waals surface area contributed by atoms with Crippen LogP contribution in [0.3, 0.4) is 0 Å². The zero-order valence-corrected chi connectivity index (χ0v) is 22.5. The number of fused-ring (bicyclic) bond motifs is 6. The van der Waals surface area contributed by atoms with Crippen molar-refractivity contribution in [1.29, 1.82) is 0 Å². The number of ether oxygens (including phenoxy) is 1. The molecule has 2 aromatic carbocycles. The Kier molecular flexibility index (Phi) is 5.23. The SMILES string of the molecule is CC12C=CC(CCO[Si](C)(C)C(C)(C)C)(O1)c1c2c(O)n(-c2ccc([N+](=O)[O-])c3ccccc23)c1O. The van der Waals surface area contributed by atoms with Crippen molar-refractivity contribution in [1.82, 2.24) is 4.57 Å². The van der Waals surface area contributed by atoms with Crippen LogP contribution in [0, 0.1) is 10.1 Å². The van der Waals surface area contributed by atoms with Crippen molar-refractivity contribution in [3.05, 3.63) is 69.8 Å². The molecular weight excluding hydrogens is 476 g/mol. The standard InChI is InChI=1S/C27H32N2O6Si/c1-25(2,3)36(5,6)34-16-15-27-14-13-26(4,35-27)21-22(27)24(31)28(23(21)30)19-11-12-20(29(32)33)18-10-8-7-9-17(18)19/h7-14,30-31H,15-16H2,1-6H3. The quantitative estimate of drug-likeness (QED) is 0.173. The molecule has 2 aliphatic heterocycles. The molecule has 3 heterocycles. The summed E-state index contributed by atoms with van der Waals surface area (Å²) in [4.78, 5) is 11.2. The second kappa shape index (κ2) is 7.68. The number of nitrogens with zero attached hydrogens (tertiary/aromatic N) is 2. The van der Waals surface area contributed by atoms with Crippen molar-refractivity contribution < 1.29 is 24.3 Å². The third kappa shape index (κ3) is 3.33. The summed E-state index contributed by atoms with van der Waals surface area (Å²) in [5.74, 6) is -0.276. The first kappa shape index (κ1) is 24.5. The summed E-state index contributed by atoms with van der Waals surface area (Å²) < 4.78 is 14.2. The van der Waals surface area contributed by atoms with E-state index in [1.54, 1.807) is 30.3 Å². The van der Waals surface area contributed by atoms with Gasteiger partial charge < -0.3 is 19.4 Å². The largest absolute Gasteiger partial charge is 0.494 e. The minimum Gasteiger partial charge on any atom is -0.494 e. The van der Waals surface area contributed by atoms with E-state index in [-0.39, 0.29) is 22.5 Å². The van der Waals surface area contributed by atoms with Crippen LogP contribution in [0.4, 0.5) is 5.69 Å². The fourth-order valence-electron chi connectivity index (χ4n) is 5.21. The van der Waals surface area contributed by atoms with Crippen LogP contribution < -0.4 is 0 Å². The first-order valence-corrected chi connectivity index (χ1v) is 15.0. The third-order valence-corrected chi connectivity index (χ3v) is 12.7. The van der Waals surface area contributed by atoms with Gasteiger partial charge >= 0.3 is 0 Å². The van der Waals surface area contributed by atoms with Crippen LogP contribution in [-0.4, -0.2) is 34.6 Å². The zero-order chi connectivity index (χ0) is 26.3. The number of non-ortho nitro benzene ring substituents is 1. The molecule has 9 heteroatoms. The molecule has 3 aromatic rings. The van der Waals surface area contributed by atoms with Gasteiger partial charge in [0.15, 0.2) is 8.32 Å². The summed E-state index contributed by atoms with van der Waals surface area (Å²) >= 11 is 0. The Hall–Kier alpha value is -3.14. The first-order valence-electron chi connectivity index (χ1n) is 12.1. The average molecular weight is 509 g/mol. The van der Waals surface area contributed by atoms with E-state index in [2.05, 4.69) is 33.9 Å². The van der Waals surface area contributed by atoms with Crippen LogP contribution in [0.2, 0.25) is 18.1 Å². The lowest BCUT2D eigenvalue weighted by Crippen LogP contribution is -2.41. The van der Waals surface area contributed by atoms with Gasteiger partial charge in [-0.15, -0.1) is 0 Å². The second-order valence-corrected chi connectivity index (χ2v) is 16.2. The lowest BCUT2D eigenvalue weighted by molar-refractivity contribution is -0.383. The van der Waals surface area contributed by atoms with Gasteiger partial charge in [0.2, 0.25) is 11.8 Å². The van der Waals surface area contributed by atoms with E-state index < -0.39 is 24.4 Å². The van der Waals surface area contributed by atoms with Gasteiger partial charge in [0.05, 0.1) is 27.1 Å². The van der Waals surface area contributed by atoms with Crippen LogP contribution in [0.5, 0.6) is 11.8 Å². The molecule has 2 bridgehead atoms. The normalized spacial score (nSPS) is 22.9. The number of rotatable bonds is 6. The zero-order valence-electron chi connectivity index (χ0n) is 21.5. The van der Waals surface area contributed by atoms with Crippen molar-refractivity contribution in [3.8, 4) is 17.4 Å². The molecule has 0 fully saturated rings. The first-order chi connectivity index (χ1) is 16.7. The predicted octanol–water partition coefficient (Wildman–Crippen LogP) is 6.37. The number of nitro benzene ring substituents is 1. The number of aromatic nitrogens is 1. The molecule has 0 radical (unpaired) electrons. The van der Waals surface area contributed by atoms with E-state index in [9.17, 15) is 20.3 Å².